The van der Waals surface area contributed by atoms with Crippen LogP contribution in [0, 0.1) is 6.92 Å². The van der Waals surface area contributed by atoms with Gasteiger partial charge in [-0.2, -0.15) is 0 Å². The van der Waals surface area contributed by atoms with E-state index in [1.54, 1.807) is 17.2 Å². The van der Waals surface area contributed by atoms with E-state index < -0.39 is 0 Å². The summed E-state index contributed by atoms with van der Waals surface area (Å²) in [6.45, 7) is 4.80. The standard InChI is InChI=1S/C18H22N4O/c1-3-4-8-16-17(12-21-10-9-19-13-21)20-22(18(16)23)15-7-5-6-14(2)11-15/h5-7,9-11,13,20H,3-4,8,12H2,1-2H3. The molecule has 5 heteroatoms. The summed E-state index contributed by atoms with van der Waals surface area (Å²) in [4.78, 5) is 16.9. The highest BCUT2D eigenvalue weighted by Crippen LogP contribution is 2.13. The number of unbranched alkanes of at least 4 members (excludes halogenated alkanes) is 1. The molecule has 3 aromatic rings. The van der Waals surface area contributed by atoms with Crippen LogP contribution in [0.1, 0.15) is 36.6 Å². The van der Waals surface area contributed by atoms with Crippen molar-refractivity contribution in [3.8, 4) is 5.69 Å². The first kappa shape index (κ1) is 15.3. The van der Waals surface area contributed by atoms with E-state index in [9.17, 15) is 4.79 Å². The van der Waals surface area contributed by atoms with Crippen molar-refractivity contribution in [1.29, 1.82) is 0 Å². The van der Waals surface area contributed by atoms with Gasteiger partial charge in [0.1, 0.15) is 0 Å². The van der Waals surface area contributed by atoms with Crippen molar-refractivity contribution >= 4 is 0 Å². The summed E-state index contributed by atoms with van der Waals surface area (Å²) in [6.07, 6.45) is 8.31. The third-order valence-electron chi connectivity index (χ3n) is 4.01. The summed E-state index contributed by atoms with van der Waals surface area (Å²) in [7, 11) is 0. The van der Waals surface area contributed by atoms with Crippen LogP contribution in [0.15, 0.2) is 47.8 Å². The molecule has 0 bridgehead atoms. The Bertz CT molecular complexity index is 827. The molecule has 3 rings (SSSR count). The minimum Gasteiger partial charge on any atom is -0.332 e. The monoisotopic (exact) mass is 310 g/mol. The number of hydrogen-bond donors (Lipinski definition) is 1. The molecule has 0 aliphatic rings. The van der Waals surface area contributed by atoms with Gasteiger partial charge in [0.25, 0.3) is 5.56 Å². The topological polar surface area (TPSA) is 55.6 Å². The number of nitrogens with one attached hydrogen (secondary N) is 1. The molecule has 0 unspecified atom stereocenters. The number of aromatic amines is 1. The predicted octanol–water partition coefficient (Wildman–Crippen LogP) is 3.06. The predicted molar refractivity (Wildman–Crippen MR) is 91.1 cm³/mol. The van der Waals surface area contributed by atoms with Gasteiger partial charge < -0.3 is 4.57 Å². The van der Waals surface area contributed by atoms with Crippen molar-refractivity contribution in [2.45, 2.75) is 39.7 Å². The average Bonchev–Trinajstić information content (AvgIpc) is 3.15. The van der Waals surface area contributed by atoms with Gasteiger partial charge in [-0.15, -0.1) is 0 Å². The Morgan fingerprint density at radius 1 is 1.30 bits per heavy atom. The lowest BCUT2D eigenvalue weighted by Gasteiger charge is -2.04. The number of rotatable bonds is 6. The summed E-state index contributed by atoms with van der Waals surface area (Å²) < 4.78 is 3.63. The maximum absolute atomic E-state index is 12.8. The van der Waals surface area contributed by atoms with Gasteiger partial charge in [0.15, 0.2) is 0 Å². The largest absolute Gasteiger partial charge is 0.332 e. The van der Waals surface area contributed by atoms with Crippen molar-refractivity contribution in [3.63, 3.8) is 0 Å². The van der Waals surface area contributed by atoms with E-state index in [4.69, 9.17) is 0 Å². The van der Waals surface area contributed by atoms with Crippen LogP contribution >= 0.6 is 0 Å². The zero-order chi connectivity index (χ0) is 16.2. The molecule has 0 aliphatic heterocycles. The van der Waals surface area contributed by atoms with Crippen LogP contribution in [0.2, 0.25) is 0 Å². The van der Waals surface area contributed by atoms with Crippen molar-refractivity contribution in [2.75, 3.05) is 0 Å². The lowest BCUT2D eigenvalue weighted by Crippen LogP contribution is -2.17. The highest BCUT2D eigenvalue weighted by atomic mass is 16.1. The number of aryl methyl sites for hydroxylation is 1. The second kappa shape index (κ2) is 6.69. The average molecular weight is 310 g/mol. The second-order valence-corrected chi connectivity index (χ2v) is 5.89. The number of benzene rings is 1. The van der Waals surface area contributed by atoms with Gasteiger partial charge in [-0.05, 0) is 37.5 Å². The smallest absolute Gasteiger partial charge is 0.274 e. The molecule has 120 valence electrons. The third-order valence-corrected chi connectivity index (χ3v) is 4.01. The minimum absolute atomic E-state index is 0.0548. The van der Waals surface area contributed by atoms with Crippen molar-refractivity contribution in [1.82, 2.24) is 19.3 Å². The number of hydrogen-bond acceptors (Lipinski definition) is 2. The number of imidazole rings is 1. The third kappa shape index (κ3) is 3.28. The maximum Gasteiger partial charge on any atom is 0.274 e. The van der Waals surface area contributed by atoms with E-state index in [-0.39, 0.29) is 5.56 Å². The lowest BCUT2D eigenvalue weighted by molar-refractivity contribution is 0.728. The zero-order valence-corrected chi connectivity index (χ0v) is 13.6. The van der Waals surface area contributed by atoms with Crippen LogP contribution in [0.25, 0.3) is 5.69 Å². The first-order valence-electron chi connectivity index (χ1n) is 8.04. The molecule has 23 heavy (non-hydrogen) atoms. The molecule has 0 amide bonds. The van der Waals surface area contributed by atoms with Gasteiger partial charge in [-0.1, -0.05) is 25.5 Å². The van der Waals surface area contributed by atoms with Gasteiger partial charge in [-0.25, -0.2) is 9.67 Å². The van der Waals surface area contributed by atoms with Crippen molar-refractivity contribution in [3.05, 3.63) is 70.2 Å². The molecule has 1 aromatic carbocycles. The summed E-state index contributed by atoms with van der Waals surface area (Å²) in [6, 6.07) is 7.97. The van der Waals surface area contributed by atoms with Gasteiger partial charge in [0.2, 0.25) is 0 Å². The molecule has 2 aromatic heterocycles. The molecular formula is C18H22N4O. The number of H-pyrrole nitrogens is 1. The zero-order valence-electron chi connectivity index (χ0n) is 13.6. The summed E-state index contributed by atoms with van der Waals surface area (Å²) in [5.41, 5.74) is 3.91. The normalized spacial score (nSPS) is 11.0. The van der Waals surface area contributed by atoms with Crippen LogP contribution in [-0.2, 0) is 13.0 Å². The van der Waals surface area contributed by atoms with Crippen LogP contribution < -0.4 is 5.56 Å². The van der Waals surface area contributed by atoms with Crippen LogP contribution in [0.4, 0.5) is 0 Å². The molecule has 0 saturated carbocycles. The van der Waals surface area contributed by atoms with Crippen LogP contribution in [-0.4, -0.2) is 19.3 Å². The number of nitrogens with zero attached hydrogens (tertiary/aromatic N) is 3. The maximum atomic E-state index is 12.8. The van der Waals surface area contributed by atoms with E-state index >= 15 is 0 Å². The Morgan fingerprint density at radius 2 is 2.17 bits per heavy atom. The fourth-order valence-electron chi connectivity index (χ4n) is 2.77. The fourth-order valence-corrected chi connectivity index (χ4v) is 2.77. The van der Waals surface area contributed by atoms with E-state index in [0.29, 0.717) is 6.54 Å². The number of aromatic nitrogens is 4. The lowest BCUT2D eigenvalue weighted by atomic mass is 10.1. The molecule has 2 heterocycles. The van der Waals surface area contributed by atoms with Crippen molar-refractivity contribution in [2.24, 2.45) is 0 Å². The highest BCUT2D eigenvalue weighted by Gasteiger charge is 2.15. The van der Waals surface area contributed by atoms with Crippen molar-refractivity contribution < 1.29 is 0 Å². The SMILES string of the molecule is CCCCc1c(Cn2ccnc2)[nH]n(-c2cccc(C)c2)c1=O. The second-order valence-electron chi connectivity index (χ2n) is 5.89. The first-order valence-corrected chi connectivity index (χ1v) is 8.04. The van der Waals surface area contributed by atoms with Gasteiger partial charge in [0, 0.05) is 18.0 Å². The Labute approximate surface area is 135 Å². The first-order chi connectivity index (χ1) is 11.2. The minimum atomic E-state index is 0.0548. The van der Waals surface area contributed by atoms with E-state index in [1.165, 1.54) is 0 Å². The molecule has 0 fully saturated rings. The fraction of sp³-hybridized carbons (Fsp3) is 0.333. The molecule has 1 N–H and O–H groups in total. The van der Waals surface area contributed by atoms with E-state index in [0.717, 1.165) is 41.8 Å². The summed E-state index contributed by atoms with van der Waals surface area (Å²) in [5.74, 6) is 0. The molecule has 5 nitrogen and oxygen atoms in total. The van der Waals surface area contributed by atoms with Gasteiger partial charge in [0.05, 0.1) is 24.3 Å². The molecule has 0 atom stereocenters. The van der Waals surface area contributed by atoms with E-state index in [1.807, 2.05) is 42.0 Å². The molecule has 0 radical (unpaired) electrons. The van der Waals surface area contributed by atoms with Crippen LogP contribution in [0.5, 0.6) is 0 Å². The molecular weight excluding hydrogens is 288 g/mol. The highest BCUT2D eigenvalue weighted by molar-refractivity contribution is 5.36. The molecule has 0 spiro atoms. The Morgan fingerprint density at radius 3 is 2.87 bits per heavy atom. The quantitative estimate of drug-likeness (QED) is 0.761. The molecule has 0 saturated heterocycles. The van der Waals surface area contributed by atoms with Crippen LogP contribution in [0.3, 0.4) is 0 Å². The summed E-state index contributed by atoms with van der Waals surface area (Å²) >= 11 is 0. The Kier molecular flexibility index (Phi) is 4.46. The Hall–Kier alpha value is -2.56. The van der Waals surface area contributed by atoms with Gasteiger partial charge in [-0.3, -0.25) is 9.89 Å². The Balaban J connectivity index is 2.03. The molecule has 0 aliphatic carbocycles. The summed E-state index contributed by atoms with van der Waals surface area (Å²) in [5, 5.41) is 3.30. The van der Waals surface area contributed by atoms with E-state index in [2.05, 4.69) is 17.0 Å². The van der Waals surface area contributed by atoms with Gasteiger partial charge >= 0.3 is 0 Å².